The van der Waals surface area contributed by atoms with Crippen LogP contribution in [0.2, 0.25) is 5.02 Å². The number of halogens is 3. The quantitative estimate of drug-likeness (QED) is 0.528. The molecule has 1 aromatic carbocycles. The van der Waals surface area contributed by atoms with E-state index in [1.54, 1.807) is 24.7 Å². The molecule has 3 aliphatic carbocycles. The zero-order valence-electron chi connectivity index (χ0n) is 17.9. The molecule has 172 valence electrons. The first-order valence-electron chi connectivity index (χ1n) is 10.6. The summed E-state index contributed by atoms with van der Waals surface area (Å²) in [6.07, 6.45) is 6.99. The van der Waals surface area contributed by atoms with Gasteiger partial charge in [-0.1, -0.05) is 11.6 Å². The molecule has 0 radical (unpaired) electrons. The topological polar surface area (TPSA) is 81.9 Å². The summed E-state index contributed by atoms with van der Waals surface area (Å²) in [6.45, 7) is 1.23. The van der Waals surface area contributed by atoms with Gasteiger partial charge in [0.1, 0.15) is 17.4 Å². The highest BCUT2D eigenvalue weighted by molar-refractivity contribution is 6.30. The van der Waals surface area contributed by atoms with Crippen molar-refractivity contribution < 1.29 is 18.3 Å². The van der Waals surface area contributed by atoms with Crippen LogP contribution >= 0.6 is 11.6 Å². The van der Waals surface area contributed by atoms with Crippen LogP contribution in [0.25, 0.3) is 11.3 Å². The first kappa shape index (κ1) is 21.8. The summed E-state index contributed by atoms with van der Waals surface area (Å²) in [6, 6.07) is 5.85. The predicted octanol–water partition coefficient (Wildman–Crippen LogP) is 4.28. The van der Waals surface area contributed by atoms with Crippen LogP contribution in [0.4, 0.5) is 8.78 Å². The normalized spacial score (nSPS) is 23.9. The number of hydrogen-bond acceptors (Lipinski definition) is 5. The monoisotopic (exact) mass is 473 g/mol. The fourth-order valence-electron chi connectivity index (χ4n) is 5.01. The van der Waals surface area contributed by atoms with Crippen molar-refractivity contribution in [3.63, 3.8) is 0 Å². The first-order chi connectivity index (χ1) is 15.7. The van der Waals surface area contributed by atoms with Gasteiger partial charge in [-0.3, -0.25) is 4.79 Å². The van der Waals surface area contributed by atoms with Crippen LogP contribution < -0.4 is 10.1 Å². The highest BCUT2D eigenvalue weighted by Crippen LogP contribution is 2.68. The molecule has 2 bridgehead atoms. The van der Waals surface area contributed by atoms with Gasteiger partial charge in [0.2, 0.25) is 0 Å². The number of carbonyl (C=O) groups excluding carboxylic acids is 1. The molecule has 1 unspecified atom stereocenters. The molecule has 6 rings (SSSR count). The maximum atomic E-state index is 13.5. The average molecular weight is 474 g/mol. The van der Waals surface area contributed by atoms with E-state index >= 15 is 0 Å². The summed E-state index contributed by atoms with van der Waals surface area (Å²) in [7, 11) is 0. The fraction of sp³-hybridized carbons (Fsp3) is 0.391. The number of ether oxygens (including phenoxy) is 1. The molecular formula is C23H22ClF2N5O2. The summed E-state index contributed by atoms with van der Waals surface area (Å²) in [5.41, 5.74) is 1.33. The molecule has 3 saturated carbocycles. The average Bonchev–Trinajstić information content (AvgIpc) is 3.23. The van der Waals surface area contributed by atoms with Crippen molar-refractivity contribution in [2.45, 2.75) is 44.4 Å². The lowest BCUT2D eigenvalue weighted by Gasteiger charge is -2.70. The molecule has 0 saturated heterocycles. The van der Waals surface area contributed by atoms with Crippen molar-refractivity contribution in [1.82, 2.24) is 25.1 Å². The van der Waals surface area contributed by atoms with Gasteiger partial charge in [0.25, 0.3) is 5.91 Å². The number of aromatic nitrogens is 4. The van der Waals surface area contributed by atoms with Gasteiger partial charge in [-0.25, -0.2) is 23.4 Å². The SMILES string of the molecule is CC(F)n1cc(-c2ccnc(CC34CC(NC(=O)COc5ccc(Cl)c(F)c5)(C3)C4)n2)cn1. The second-order valence-corrected chi connectivity index (χ2v) is 9.45. The van der Waals surface area contributed by atoms with Crippen molar-refractivity contribution in [1.29, 1.82) is 0 Å². The summed E-state index contributed by atoms with van der Waals surface area (Å²) < 4.78 is 33.5. The number of carbonyl (C=O) groups is 1. The molecule has 3 aromatic rings. The van der Waals surface area contributed by atoms with E-state index < -0.39 is 12.1 Å². The van der Waals surface area contributed by atoms with Gasteiger partial charge in [0.15, 0.2) is 12.9 Å². The Balaban J connectivity index is 1.13. The zero-order chi connectivity index (χ0) is 23.2. The van der Waals surface area contributed by atoms with E-state index in [1.807, 2.05) is 0 Å². The molecule has 2 aromatic heterocycles. The standard InChI is InChI=1S/C23H22ClF2N5O2/c1-14(25)31-9-15(8-28-31)19-4-5-27-20(29-19)7-22-11-23(12-22,13-22)30-21(32)10-33-16-2-3-17(24)18(26)6-16/h2-6,8-9,14H,7,10-13H2,1H3,(H,30,32). The lowest BCUT2D eigenvalue weighted by atomic mass is 9.38. The molecule has 1 N–H and O–H groups in total. The molecule has 1 atom stereocenters. The number of nitrogens with one attached hydrogen (secondary N) is 1. The van der Waals surface area contributed by atoms with Gasteiger partial charge < -0.3 is 10.1 Å². The van der Waals surface area contributed by atoms with Crippen molar-refractivity contribution in [3.05, 3.63) is 59.5 Å². The minimum absolute atomic E-state index is 0.00455. The smallest absolute Gasteiger partial charge is 0.258 e. The Bertz CT molecular complexity index is 1200. The third kappa shape index (κ3) is 4.29. The first-order valence-corrected chi connectivity index (χ1v) is 11.0. The Hall–Kier alpha value is -3.07. The summed E-state index contributed by atoms with van der Waals surface area (Å²) in [5, 5.41) is 7.07. The molecule has 7 nitrogen and oxygen atoms in total. The Kier molecular flexibility index (Phi) is 5.31. The predicted molar refractivity (Wildman–Crippen MR) is 117 cm³/mol. The largest absolute Gasteiger partial charge is 0.484 e. The third-order valence-electron chi connectivity index (χ3n) is 6.31. The molecule has 3 fully saturated rings. The van der Waals surface area contributed by atoms with E-state index in [4.69, 9.17) is 16.3 Å². The van der Waals surface area contributed by atoms with E-state index in [1.165, 1.54) is 23.7 Å². The molecule has 2 heterocycles. The zero-order valence-corrected chi connectivity index (χ0v) is 18.6. The number of alkyl halides is 1. The van der Waals surface area contributed by atoms with Crippen molar-refractivity contribution in [2.24, 2.45) is 5.41 Å². The van der Waals surface area contributed by atoms with Crippen molar-refractivity contribution >= 4 is 17.5 Å². The Labute approximate surface area is 194 Å². The van der Waals surface area contributed by atoms with Gasteiger partial charge in [-0.15, -0.1) is 0 Å². The van der Waals surface area contributed by atoms with Crippen LogP contribution in [-0.2, 0) is 11.2 Å². The number of hydrogen-bond donors (Lipinski definition) is 1. The van der Waals surface area contributed by atoms with Crippen LogP contribution in [0.15, 0.2) is 42.9 Å². The van der Waals surface area contributed by atoms with Crippen LogP contribution in [0, 0.1) is 11.2 Å². The summed E-state index contributed by atoms with van der Waals surface area (Å²) >= 11 is 5.65. The molecule has 0 aliphatic heterocycles. The van der Waals surface area contributed by atoms with E-state index in [0.717, 1.165) is 36.7 Å². The van der Waals surface area contributed by atoms with E-state index in [0.29, 0.717) is 12.1 Å². The van der Waals surface area contributed by atoms with E-state index in [-0.39, 0.29) is 34.2 Å². The van der Waals surface area contributed by atoms with Gasteiger partial charge in [-0.05, 0) is 49.8 Å². The molecule has 10 heteroatoms. The lowest BCUT2D eigenvalue weighted by molar-refractivity contribution is -0.166. The Morgan fingerprint density at radius 1 is 1.33 bits per heavy atom. The minimum atomic E-state index is -1.20. The van der Waals surface area contributed by atoms with Gasteiger partial charge in [0, 0.05) is 36.0 Å². The van der Waals surface area contributed by atoms with E-state index in [2.05, 4.69) is 20.4 Å². The van der Waals surface area contributed by atoms with E-state index in [9.17, 15) is 13.6 Å². The molecule has 3 aliphatic rings. The summed E-state index contributed by atoms with van der Waals surface area (Å²) in [4.78, 5) is 21.3. The molecular weight excluding hydrogens is 452 g/mol. The van der Waals surface area contributed by atoms with Crippen LogP contribution in [-0.4, -0.2) is 37.8 Å². The Morgan fingerprint density at radius 2 is 2.12 bits per heavy atom. The number of nitrogens with zero attached hydrogens (tertiary/aromatic N) is 4. The van der Waals surface area contributed by atoms with Crippen LogP contribution in [0.1, 0.15) is 38.3 Å². The molecule has 1 amide bonds. The Morgan fingerprint density at radius 3 is 2.82 bits per heavy atom. The number of benzene rings is 1. The van der Waals surface area contributed by atoms with Crippen molar-refractivity contribution in [3.8, 4) is 17.0 Å². The fourth-order valence-corrected chi connectivity index (χ4v) is 5.13. The molecule has 33 heavy (non-hydrogen) atoms. The maximum Gasteiger partial charge on any atom is 0.258 e. The summed E-state index contributed by atoms with van der Waals surface area (Å²) in [5.74, 6) is 0.148. The lowest BCUT2D eigenvalue weighted by Crippen LogP contribution is -2.75. The van der Waals surface area contributed by atoms with Gasteiger partial charge >= 0.3 is 0 Å². The van der Waals surface area contributed by atoms with Crippen LogP contribution in [0.3, 0.4) is 0 Å². The maximum absolute atomic E-state index is 13.5. The van der Waals surface area contributed by atoms with Gasteiger partial charge in [-0.2, -0.15) is 5.10 Å². The highest BCUT2D eigenvalue weighted by Gasteiger charge is 2.68. The number of amides is 1. The molecule has 0 spiro atoms. The third-order valence-corrected chi connectivity index (χ3v) is 6.61. The highest BCUT2D eigenvalue weighted by atomic mass is 35.5. The van der Waals surface area contributed by atoms with Gasteiger partial charge in [0.05, 0.1) is 16.9 Å². The second kappa shape index (κ2) is 8.06. The minimum Gasteiger partial charge on any atom is -0.484 e. The second-order valence-electron chi connectivity index (χ2n) is 9.04. The number of rotatable bonds is 8. The van der Waals surface area contributed by atoms with Crippen molar-refractivity contribution in [2.75, 3.05) is 6.61 Å². The van der Waals surface area contributed by atoms with Crippen LogP contribution in [0.5, 0.6) is 5.75 Å².